The van der Waals surface area contributed by atoms with Gasteiger partial charge in [-0.05, 0) is 20.8 Å². The van der Waals surface area contributed by atoms with E-state index < -0.39 is 0 Å². The predicted molar refractivity (Wildman–Crippen MR) is 43.2 cm³/mol. The highest BCUT2D eigenvalue weighted by Crippen LogP contribution is 2.20. The molecular weight excluding hydrogens is 150 g/mol. The first-order valence-corrected chi connectivity index (χ1v) is 3.79. The molecule has 0 aliphatic carbocycles. The second-order valence-electron chi connectivity index (χ2n) is 2.98. The van der Waals surface area contributed by atoms with E-state index in [1.165, 1.54) is 19.3 Å². The van der Waals surface area contributed by atoms with Crippen LogP contribution < -0.4 is 0 Å². The third-order valence-corrected chi connectivity index (χ3v) is 2.12. The number of nitrogens with zero attached hydrogens (tertiary/aromatic N) is 1. The first-order valence-electron chi connectivity index (χ1n) is 3.09. The first-order chi connectivity index (χ1) is 4.48. The summed E-state index contributed by atoms with van der Waals surface area (Å²) in [7, 11) is 3.44. The van der Waals surface area contributed by atoms with Gasteiger partial charge in [-0.15, -0.1) is 4.33 Å². The van der Waals surface area contributed by atoms with E-state index in [1.807, 2.05) is 11.4 Å². The van der Waals surface area contributed by atoms with Crippen LogP contribution in [-0.2, 0) is 9.22 Å². The second-order valence-corrected chi connectivity index (χ2v) is 3.81. The molecule has 0 aliphatic heterocycles. The number of hydrogen-bond donors (Lipinski definition) is 0. The van der Waals surface area contributed by atoms with Gasteiger partial charge in [-0.3, -0.25) is 0 Å². The van der Waals surface area contributed by atoms with Crippen molar-refractivity contribution in [2.75, 3.05) is 14.2 Å². The molecule has 0 spiro atoms. The van der Waals surface area contributed by atoms with Crippen molar-refractivity contribution in [3.05, 3.63) is 0 Å². The largest absolute Gasteiger partial charge is 0.226 e. The molecule has 0 amide bonds. The van der Waals surface area contributed by atoms with Crippen LogP contribution >= 0.6 is 12.2 Å². The molecule has 0 N–H and O–H groups in total. The van der Waals surface area contributed by atoms with Crippen molar-refractivity contribution in [2.45, 2.75) is 26.3 Å². The SMILES string of the molecule is COOSN(C)C(C)(C)C. The van der Waals surface area contributed by atoms with Gasteiger partial charge in [-0.2, -0.15) is 0 Å². The summed E-state index contributed by atoms with van der Waals surface area (Å²) in [6, 6.07) is 0. The molecule has 0 saturated carbocycles. The van der Waals surface area contributed by atoms with Gasteiger partial charge in [-0.25, -0.2) is 9.19 Å². The summed E-state index contributed by atoms with van der Waals surface area (Å²) in [6.45, 7) is 6.29. The van der Waals surface area contributed by atoms with Crippen molar-refractivity contribution in [1.82, 2.24) is 4.31 Å². The Hall–Kier alpha value is 0.230. The highest BCUT2D eigenvalue weighted by molar-refractivity contribution is 7.92. The zero-order valence-electron chi connectivity index (χ0n) is 7.17. The molecule has 4 heteroatoms. The maximum Gasteiger partial charge on any atom is 0.121 e. The Labute approximate surface area is 66.9 Å². The van der Waals surface area contributed by atoms with Crippen molar-refractivity contribution in [3.8, 4) is 0 Å². The molecule has 0 saturated heterocycles. The third-order valence-electron chi connectivity index (χ3n) is 1.15. The van der Waals surface area contributed by atoms with Crippen LogP contribution in [0, 0.1) is 0 Å². The smallest absolute Gasteiger partial charge is 0.121 e. The molecule has 0 aromatic carbocycles. The Balaban J connectivity index is 3.52. The van der Waals surface area contributed by atoms with Crippen LogP contribution in [0.1, 0.15) is 20.8 Å². The third kappa shape index (κ3) is 4.11. The second kappa shape index (κ2) is 4.18. The molecule has 3 nitrogen and oxygen atoms in total. The standard InChI is InChI=1S/C6H15NO2S/c1-6(2,3)7(4)10-9-8-5/h1-5H3. The fourth-order valence-electron chi connectivity index (χ4n) is 0.188. The van der Waals surface area contributed by atoms with E-state index in [0.717, 1.165) is 0 Å². The molecule has 0 aromatic heterocycles. The van der Waals surface area contributed by atoms with Crippen LogP contribution in [0.5, 0.6) is 0 Å². The van der Waals surface area contributed by atoms with E-state index in [1.54, 1.807) is 0 Å². The van der Waals surface area contributed by atoms with Crippen LogP contribution in [0.15, 0.2) is 0 Å². The van der Waals surface area contributed by atoms with Crippen LogP contribution in [-0.4, -0.2) is 24.0 Å². The highest BCUT2D eigenvalue weighted by atomic mass is 32.2. The average Bonchev–Trinajstić information content (AvgIpc) is 1.80. The Morgan fingerprint density at radius 2 is 1.80 bits per heavy atom. The molecule has 0 radical (unpaired) electrons. The van der Waals surface area contributed by atoms with Crippen molar-refractivity contribution in [2.24, 2.45) is 0 Å². The van der Waals surface area contributed by atoms with Gasteiger partial charge in [0, 0.05) is 12.6 Å². The topological polar surface area (TPSA) is 21.7 Å². The summed E-state index contributed by atoms with van der Waals surface area (Å²) < 4.78 is 6.63. The number of rotatable bonds is 3. The summed E-state index contributed by atoms with van der Waals surface area (Å²) in [5, 5.41) is 0. The lowest BCUT2D eigenvalue weighted by molar-refractivity contribution is -0.164. The molecule has 0 atom stereocenters. The number of hydrogen-bond acceptors (Lipinski definition) is 4. The fraction of sp³-hybridized carbons (Fsp3) is 1.00. The molecule has 0 rings (SSSR count). The fourth-order valence-corrected chi connectivity index (χ4v) is 0.564. The quantitative estimate of drug-likeness (QED) is 0.275. The molecule has 0 aliphatic rings. The monoisotopic (exact) mass is 165 g/mol. The van der Waals surface area contributed by atoms with E-state index >= 15 is 0 Å². The van der Waals surface area contributed by atoms with Crippen molar-refractivity contribution < 1.29 is 9.22 Å². The van der Waals surface area contributed by atoms with Crippen LogP contribution in [0.4, 0.5) is 0 Å². The minimum atomic E-state index is 0.100. The minimum Gasteiger partial charge on any atom is -0.226 e. The minimum absolute atomic E-state index is 0.100. The predicted octanol–water partition coefficient (Wildman–Crippen LogP) is 1.86. The zero-order chi connectivity index (χ0) is 8.20. The van der Waals surface area contributed by atoms with Gasteiger partial charge in [0.15, 0.2) is 0 Å². The molecule has 62 valence electrons. The summed E-state index contributed by atoms with van der Waals surface area (Å²) in [5.41, 5.74) is 0.100. The van der Waals surface area contributed by atoms with Crippen molar-refractivity contribution >= 4 is 12.2 Å². The average molecular weight is 165 g/mol. The van der Waals surface area contributed by atoms with E-state index in [9.17, 15) is 0 Å². The van der Waals surface area contributed by atoms with Crippen molar-refractivity contribution in [1.29, 1.82) is 0 Å². The summed E-state index contributed by atoms with van der Waals surface area (Å²) in [6.07, 6.45) is 0. The van der Waals surface area contributed by atoms with E-state index in [2.05, 4.69) is 30.0 Å². The molecular formula is C6H15NO2S. The Bertz CT molecular complexity index is 92.2. The lowest BCUT2D eigenvalue weighted by Gasteiger charge is -2.28. The maximum absolute atomic E-state index is 4.66. The molecule has 0 bridgehead atoms. The van der Waals surface area contributed by atoms with Gasteiger partial charge in [0.25, 0.3) is 0 Å². The molecule has 0 unspecified atom stereocenters. The Morgan fingerprint density at radius 1 is 1.30 bits per heavy atom. The van der Waals surface area contributed by atoms with Gasteiger partial charge >= 0.3 is 0 Å². The van der Waals surface area contributed by atoms with Crippen molar-refractivity contribution in [3.63, 3.8) is 0 Å². The molecule has 10 heavy (non-hydrogen) atoms. The van der Waals surface area contributed by atoms with Gasteiger partial charge in [0.1, 0.15) is 12.2 Å². The summed E-state index contributed by atoms with van der Waals surface area (Å²) in [5.74, 6) is 0. The van der Waals surface area contributed by atoms with Crippen LogP contribution in [0.2, 0.25) is 0 Å². The molecule has 0 aromatic rings. The normalized spacial score (nSPS) is 12.6. The zero-order valence-corrected chi connectivity index (χ0v) is 7.99. The van der Waals surface area contributed by atoms with E-state index in [4.69, 9.17) is 0 Å². The summed E-state index contributed by atoms with van der Waals surface area (Å²) >= 11 is 1.19. The molecule has 0 heterocycles. The van der Waals surface area contributed by atoms with Gasteiger partial charge in [0.2, 0.25) is 0 Å². The lowest BCUT2D eigenvalue weighted by Crippen LogP contribution is -2.32. The van der Waals surface area contributed by atoms with Gasteiger partial charge in [0.05, 0.1) is 7.11 Å². The summed E-state index contributed by atoms with van der Waals surface area (Å²) in [4.78, 5) is 4.43. The molecule has 0 fully saturated rings. The van der Waals surface area contributed by atoms with Crippen LogP contribution in [0.25, 0.3) is 0 Å². The van der Waals surface area contributed by atoms with Gasteiger partial charge < -0.3 is 0 Å². The first kappa shape index (κ1) is 10.2. The van der Waals surface area contributed by atoms with Gasteiger partial charge in [-0.1, -0.05) is 0 Å². The van der Waals surface area contributed by atoms with Crippen LogP contribution in [0.3, 0.4) is 0 Å². The lowest BCUT2D eigenvalue weighted by atomic mass is 10.1. The highest BCUT2D eigenvalue weighted by Gasteiger charge is 2.17. The maximum atomic E-state index is 4.66. The Kier molecular flexibility index (Phi) is 4.28. The Morgan fingerprint density at radius 3 is 2.10 bits per heavy atom. The van der Waals surface area contributed by atoms with E-state index in [0.29, 0.717) is 0 Å². The van der Waals surface area contributed by atoms with E-state index in [-0.39, 0.29) is 5.54 Å².